The van der Waals surface area contributed by atoms with E-state index in [0.717, 1.165) is 5.56 Å². The van der Waals surface area contributed by atoms with Gasteiger partial charge in [0.25, 0.3) is 0 Å². The minimum absolute atomic E-state index is 0.0746. The van der Waals surface area contributed by atoms with E-state index < -0.39 is 41.1 Å². The summed E-state index contributed by atoms with van der Waals surface area (Å²) in [7, 11) is 3.78. The molecule has 0 fully saturated rings. The van der Waals surface area contributed by atoms with Gasteiger partial charge in [0.1, 0.15) is 5.70 Å². The van der Waals surface area contributed by atoms with Gasteiger partial charge in [-0.1, -0.05) is 36.4 Å². The molecule has 3 aliphatic heterocycles. The minimum Gasteiger partial charge on any atom is -0.493 e. The highest BCUT2D eigenvalue weighted by Crippen LogP contribution is 2.63. The molecule has 0 N–H and O–H groups in total. The predicted molar refractivity (Wildman–Crippen MR) is 126 cm³/mol. The molecule has 0 bridgehead atoms. The van der Waals surface area contributed by atoms with Gasteiger partial charge in [-0.15, -0.1) is 0 Å². The molecular weight excluding hydrogens is 466 g/mol. The number of benzene rings is 2. The van der Waals surface area contributed by atoms with E-state index >= 15 is 0 Å². The van der Waals surface area contributed by atoms with E-state index in [0.29, 0.717) is 11.1 Å². The number of carbonyl (C=O) groups excluding carboxylic acids is 4. The average Bonchev–Trinajstić information content (AvgIpc) is 2.90. The molecule has 3 atom stereocenters. The van der Waals surface area contributed by atoms with Gasteiger partial charge in [-0.3, -0.25) is 9.59 Å². The van der Waals surface area contributed by atoms with Crippen molar-refractivity contribution in [3.8, 4) is 11.5 Å². The molecule has 0 spiro atoms. The van der Waals surface area contributed by atoms with E-state index in [1.54, 1.807) is 42.6 Å². The summed E-state index contributed by atoms with van der Waals surface area (Å²) < 4.78 is 21.4. The summed E-state index contributed by atoms with van der Waals surface area (Å²) in [4.78, 5) is 55.8. The van der Waals surface area contributed by atoms with Crippen LogP contribution in [-0.4, -0.2) is 49.9 Å². The molecule has 0 saturated carbocycles. The van der Waals surface area contributed by atoms with Crippen LogP contribution in [0.25, 0.3) is 6.08 Å². The highest BCUT2D eigenvalue weighted by molar-refractivity contribution is 6.12. The van der Waals surface area contributed by atoms with Crippen molar-refractivity contribution in [3.05, 3.63) is 76.6 Å². The van der Waals surface area contributed by atoms with Crippen molar-refractivity contribution in [3.63, 3.8) is 0 Å². The molecule has 0 amide bonds. The van der Waals surface area contributed by atoms with Gasteiger partial charge in [-0.2, -0.15) is 0 Å². The molecule has 3 heterocycles. The summed E-state index contributed by atoms with van der Waals surface area (Å²) in [5.74, 6) is -3.98. The molecule has 5 rings (SSSR count). The predicted octanol–water partition coefficient (Wildman–Crippen LogP) is 2.91. The highest BCUT2D eigenvalue weighted by atomic mass is 16.6. The Balaban J connectivity index is 1.99. The number of nitrogens with zero attached hydrogens (tertiary/aromatic N) is 1. The van der Waals surface area contributed by atoms with Crippen molar-refractivity contribution in [2.75, 3.05) is 21.3 Å². The number of methoxy groups -OCH3 is 3. The molecule has 0 unspecified atom stereocenters. The normalized spacial score (nSPS) is 23.4. The Kier molecular flexibility index (Phi) is 5.43. The Morgan fingerprint density at radius 1 is 0.944 bits per heavy atom. The number of esters is 3. The number of hydrogen-bond donors (Lipinski definition) is 0. The summed E-state index contributed by atoms with van der Waals surface area (Å²) >= 11 is 0. The molecular formula is C27H23NO8. The number of fused-ring (bicyclic) bond motifs is 7. The Hall–Kier alpha value is -4.40. The first-order valence-corrected chi connectivity index (χ1v) is 11.2. The van der Waals surface area contributed by atoms with Crippen molar-refractivity contribution in [2.24, 2.45) is 5.41 Å². The van der Waals surface area contributed by atoms with E-state index in [9.17, 15) is 19.2 Å². The number of rotatable bonds is 4. The average molecular weight is 489 g/mol. The Morgan fingerprint density at radius 3 is 2.31 bits per heavy atom. The van der Waals surface area contributed by atoms with Crippen molar-refractivity contribution in [2.45, 2.75) is 18.9 Å². The third kappa shape index (κ3) is 2.89. The molecule has 36 heavy (non-hydrogen) atoms. The van der Waals surface area contributed by atoms with E-state index in [-0.39, 0.29) is 22.8 Å². The number of carbonyl (C=O) groups is 4. The molecule has 2 aromatic rings. The quantitative estimate of drug-likeness (QED) is 0.364. The summed E-state index contributed by atoms with van der Waals surface area (Å²) in [6.45, 7) is 1.29. The van der Waals surface area contributed by atoms with Crippen LogP contribution in [0.4, 0.5) is 0 Å². The van der Waals surface area contributed by atoms with Crippen LogP contribution in [0, 0.1) is 5.41 Å². The van der Waals surface area contributed by atoms with Crippen molar-refractivity contribution in [1.82, 2.24) is 4.90 Å². The second-order valence-corrected chi connectivity index (χ2v) is 8.63. The van der Waals surface area contributed by atoms with Crippen molar-refractivity contribution >= 4 is 29.8 Å². The van der Waals surface area contributed by atoms with Gasteiger partial charge >= 0.3 is 17.9 Å². The lowest BCUT2D eigenvalue weighted by Crippen LogP contribution is -2.61. The first-order chi connectivity index (χ1) is 17.3. The van der Waals surface area contributed by atoms with Gasteiger partial charge in [0.05, 0.1) is 32.9 Å². The van der Waals surface area contributed by atoms with Crippen LogP contribution < -0.4 is 9.47 Å². The summed E-state index contributed by atoms with van der Waals surface area (Å²) in [5.41, 5.74) is -0.502. The molecule has 9 nitrogen and oxygen atoms in total. The number of para-hydroxylation sites is 1. The van der Waals surface area contributed by atoms with Crippen molar-refractivity contribution < 1.29 is 38.1 Å². The van der Waals surface area contributed by atoms with Crippen LogP contribution in [0.15, 0.2) is 59.9 Å². The lowest BCUT2D eigenvalue weighted by Gasteiger charge is -2.54. The maximum absolute atomic E-state index is 14.0. The van der Waals surface area contributed by atoms with Crippen LogP contribution in [-0.2, 0) is 28.7 Å². The zero-order chi connectivity index (χ0) is 25.8. The first-order valence-electron chi connectivity index (χ1n) is 11.2. The molecule has 0 aromatic heterocycles. The molecule has 0 aliphatic carbocycles. The lowest BCUT2D eigenvalue weighted by atomic mass is 9.56. The van der Waals surface area contributed by atoms with Gasteiger partial charge in [0, 0.05) is 17.7 Å². The second-order valence-electron chi connectivity index (χ2n) is 8.63. The first kappa shape index (κ1) is 23.3. The highest BCUT2D eigenvalue weighted by Gasteiger charge is 2.68. The fraction of sp³-hybridized carbons (Fsp3) is 0.259. The number of ketones is 1. The van der Waals surface area contributed by atoms with Gasteiger partial charge in [-0.25, -0.2) is 9.59 Å². The number of hydrogen-bond acceptors (Lipinski definition) is 9. The van der Waals surface area contributed by atoms with Gasteiger partial charge < -0.3 is 23.8 Å². The minimum atomic E-state index is -1.93. The van der Waals surface area contributed by atoms with Crippen LogP contribution in [0.3, 0.4) is 0 Å². The van der Waals surface area contributed by atoms with Crippen LogP contribution >= 0.6 is 0 Å². The summed E-state index contributed by atoms with van der Waals surface area (Å²) in [5, 5.41) is 0. The maximum Gasteiger partial charge on any atom is 0.355 e. The zero-order valence-corrected chi connectivity index (χ0v) is 20.1. The lowest BCUT2D eigenvalue weighted by molar-refractivity contribution is -0.163. The topological polar surface area (TPSA) is 108 Å². The second kappa shape index (κ2) is 8.37. The van der Waals surface area contributed by atoms with Crippen LogP contribution in [0.5, 0.6) is 11.5 Å². The number of ether oxygens (including phenoxy) is 4. The van der Waals surface area contributed by atoms with Gasteiger partial charge in [0.2, 0.25) is 0 Å². The van der Waals surface area contributed by atoms with E-state index in [1.807, 2.05) is 12.1 Å². The molecule has 0 saturated heterocycles. The largest absolute Gasteiger partial charge is 0.493 e. The van der Waals surface area contributed by atoms with Gasteiger partial charge in [0.15, 0.2) is 22.7 Å². The van der Waals surface area contributed by atoms with Gasteiger partial charge in [-0.05, 0) is 30.2 Å². The zero-order valence-electron chi connectivity index (χ0n) is 20.1. The summed E-state index contributed by atoms with van der Waals surface area (Å²) in [6, 6.07) is 11.1. The molecule has 184 valence electrons. The van der Waals surface area contributed by atoms with E-state index in [4.69, 9.17) is 18.9 Å². The standard InChI is InChI=1S/C27H23NO8/c1-14(29)27-20(17-10-7-11-18(33-2)22(17)36-26(27)32)19(24(30)34-3)21(25(31)35-4)28-13-12-15-8-5-6-9-16(15)23(27)28/h5-13,20,23H,1-4H3/t20-,23+,27-/m0/s1. The SMILES string of the molecule is COC(=O)C1=C(C(=O)OC)N2C=Cc3ccccc3[C@@H]2[C@@]2(C(C)=O)C(=O)Oc3c(OC)cccc3[C@@H]12. The monoisotopic (exact) mass is 489 g/mol. The maximum atomic E-state index is 14.0. The third-order valence-corrected chi connectivity index (χ3v) is 7.11. The Bertz CT molecular complexity index is 1390. The molecule has 0 radical (unpaired) electrons. The van der Waals surface area contributed by atoms with Crippen LogP contribution in [0.1, 0.15) is 35.6 Å². The van der Waals surface area contributed by atoms with E-state index in [1.165, 1.54) is 33.2 Å². The number of Topliss-reactive ketones (excluding diaryl/α,β-unsaturated/α-hetero) is 1. The smallest absolute Gasteiger partial charge is 0.355 e. The molecule has 2 aromatic carbocycles. The molecule has 9 heteroatoms. The summed E-state index contributed by atoms with van der Waals surface area (Å²) in [6.07, 6.45) is 3.31. The Morgan fingerprint density at radius 2 is 1.64 bits per heavy atom. The fourth-order valence-electron chi connectivity index (χ4n) is 5.65. The molecule has 3 aliphatic rings. The fourth-order valence-corrected chi connectivity index (χ4v) is 5.65. The van der Waals surface area contributed by atoms with E-state index in [2.05, 4.69) is 0 Å². The van der Waals surface area contributed by atoms with Crippen LogP contribution in [0.2, 0.25) is 0 Å². The Labute approximate surface area is 206 Å². The van der Waals surface area contributed by atoms with Crippen molar-refractivity contribution in [1.29, 1.82) is 0 Å². The third-order valence-electron chi connectivity index (χ3n) is 7.11.